The van der Waals surface area contributed by atoms with Crippen molar-refractivity contribution in [1.29, 1.82) is 0 Å². The number of rotatable bonds is 5. The van der Waals surface area contributed by atoms with E-state index in [1.54, 1.807) is 13.2 Å². The molecule has 0 saturated carbocycles. The highest BCUT2D eigenvalue weighted by Gasteiger charge is 2.11. The van der Waals surface area contributed by atoms with E-state index >= 15 is 0 Å². The van der Waals surface area contributed by atoms with E-state index in [1.165, 1.54) is 4.90 Å². The third-order valence-corrected chi connectivity index (χ3v) is 3.94. The minimum Gasteiger partial charge on any atom is -0.337 e. The van der Waals surface area contributed by atoms with Crippen LogP contribution in [0.25, 0.3) is 11.0 Å². The standard InChI is InChI=1S/C14H18N4O3S/c1-18(14(19)15-7-8-22(2,20)21)10-11-9-16-12-5-3-4-6-13(12)17-11/h3-6,9H,7-8,10H2,1-2H3,(H,15,19). The maximum atomic E-state index is 11.9. The lowest BCUT2D eigenvalue weighted by Crippen LogP contribution is -2.39. The highest BCUT2D eigenvalue weighted by molar-refractivity contribution is 7.90. The summed E-state index contributed by atoms with van der Waals surface area (Å²) in [6.45, 7) is 0.383. The fraction of sp³-hybridized carbons (Fsp3) is 0.357. The van der Waals surface area contributed by atoms with Crippen molar-refractivity contribution in [2.45, 2.75) is 6.54 Å². The number of benzene rings is 1. The Morgan fingerprint density at radius 2 is 1.95 bits per heavy atom. The molecule has 2 aromatic rings. The quantitative estimate of drug-likeness (QED) is 0.879. The molecule has 0 aliphatic rings. The maximum absolute atomic E-state index is 11.9. The first-order valence-electron chi connectivity index (χ1n) is 6.72. The normalized spacial score (nSPS) is 11.4. The Morgan fingerprint density at radius 3 is 2.64 bits per heavy atom. The molecule has 0 aliphatic heterocycles. The van der Waals surface area contributed by atoms with Crippen molar-refractivity contribution < 1.29 is 13.2 Å². The molecule has 0 aliphatic carbocycles. The molecular weight excluding hydrogens is 304 g/mol. The highest BCUT2D eigenvalue weighted by atomic mass is 32.2. The van der Waals surface area contributed by atoms with Crippen LogP contribution in [0, 0.1) is 0 Å². The molecule has 0 saturated heterocycles. The zero-order valence-electron chi connectivity index (χ0n) is 12.5. The molecule has 0 fully saturated rings. The van der Waals surface area contributed by atoms with Gasteiger partial charge in [-0.3, -0.25) is 4.98 Å². The fourth-order valence-corrected chi connectivity index (χ4v) is 2.34. The molecule has 8 heteroatoms. The molecule has 2 amide bonds. The highest BCUT2D eigenvalue weighted by Crippen LogP contribution is 2.09. The van der Waals surface area contributed by atoms with Gasteiger partial charge < -0.3 is 10.2 Å². The Balaban J connectivity index is 1.94. The van der Waals surface area contributed by atoms with Crippen molar-refractivity contribution in [3.05, 3.63) is 36.2 Å². The predicted octanol–water partition coefficient (Wildman–Crippen LogP) is 0.816. The number of carbonyl (C=O) groups excluding carboxylic acids is 1. The van der Waals surface area contributed by atoms with E-state index in [1.807, 2.05) is 24.3 Å². The molecule has 1 aromatic heterocycles. The molecule has 1 N–H and O–H groups in total. The van der Waals surface area contributed by atoms with Gasteiger partial charge in [-0.1, -0.05) is 12.1 Å². The summed E-state index contributed by atoms with van der Waals surface area (Å²) in [5.74, 6) is -0.0810. The van der Waals surface area contributed by atoms with Gasteiger partial charge in [0.1, 0.15) is 9.84 Å². The van der Waals surface area contributed by atoms with Crippen molar-refractivity contribution in [2.75, 3.05) is 25.6 Å². The monoisotopic (exact) mass is 322 g/mol. The average molecular weight is 322 g/mol. The van der Waals surface area contributed by atoms with Crippen LogP contribution in [0.5, 0.6) is 0 Å². The molecule has 0 bridgehead atoms. The SMILES string of the molecule is CN(Cc1cnc2ccccc2n1)C(=O)NCCS(C)(=O)=O. The van der Waals surface area contributed by atoms with Crippen molar-refractivity contribution in [2.24, 2.45) is 0 Å². The lowest BCUT2D eigenvalue weighted by atomic mass is 10.3. The van der Waals surface area contributed by atoms with Gasteiger partial charge in [0, 0.05) is 19.8 Å². The third-order valence-electron chi connectivity index (χ3n) is 2.99. The molecule has 0 atom stereocenters. The Labute approximate surface area is 129 Å². The summed E-state index contributed by atoms with van der Waals surface area (Å²) in [6.07, 6.45) is 2.76. The van der Waals surface area contributed by atoms with Gasteiger partial charge >= 0.3 is 6.03 Å². The molecule has 1 aromatic carbocycles. The number of nitrogens with zero attached hydrogens (tertiary/aromatic N) is 3. The van der Waals surface area contributed by atoms with Gasteiger partial charge in [0.2, 0.25) is 0 Å². The minimum absolute atomic E-state index is 0.0810. The zero-order chi connectivity index (χ0) is 16.2. The molecule has 2 rings (SSSR count). The van der Waals surface area contributed by atoms with Crippen LogP contribution in [0.1, 0.15) is 5.69 Å². The van der Waals surface area contributed by atoms with Crippen molar-refractivity contribution in [1.82, 2.24) is 20.2 Å². The predicted molar refractivity (Wildman–Crippen MR) is 84.1 cm³/mol. The number of hydrogen-bond donors (Lipinski definition) is 1. The number of sulfone groups is 1. The topological polar surface area (TPSA) is 92.3 Å². The van der Waals surface area contributed by atoms with Crippen LogP contribution in [0.3, 0.4) is 0 Å². The summed E-state index contributed by atoms with van der Waals surface area (Å²) in [6, 6.07) is 7.14. The van der Waals surface area contributed by atoms with Crippen LogP contribution in [-0.4, -0.2) is 54.9 Å². The Bertz CT molecular complexity index is 777. The van der Waals surface area contributed by atoms with Crippen molar-refractivity contribution in [3.63, 3.8) is 0 Å². The van der Waals surface area contributed by atoms with Crippen LogP contribution >= 0.6 is 0 Å². The minimum atomic E-state index is -3.08. The van der Waals surface area contributed by atoms with E-state index < -0.39 is 9.84 Å². The molecule has 0 unspecified atom stereocenters. The largest absolute Gasteiger partial charge is 0.337 e. The van der Waals surface area contributed by atoms with Gasteiger partial charge in [-0.05, 0) is 12.1 Å². The molecule has 7 nitrogen and oxygen atoms in total. The van der Waals surface area contributed by atoms with E-state index in [9.17, 15) is 13.2 Å². The first kappa shape index (κ1) is 16.2. The molecular formula is C14H18N4O3S. The lowest BCUT2D eigenvalue weighted by molar-refractivity contribution is 0.207. The Kier molecular flexibility index (Phi) is 4.92. The maximum Gasteiger partial charge on any atom is 0.317 e. The molecule has 22 heavy (non-hydrogen) atoms. The van der Waals surface area contributed by atoms with Crippen molar-refractivity contribution >= 4 is 26.9 Å². The average Bonchev–Trinajstić information content (AvgIpc) is 2.45. The number of urea groups is 1. The third kappa shape index (κ3) is 4.66. The first-order chi connectivity index (χ1) is 10.3. The summed E-state index contributed by atoms with van der Waals surface area (Å²) in [5, 5.41) is 2.56. The summed E-state index contributed by atoms with van der Waals surface area (Å²) < 4.78 is 22.0. The van der Waals surface area contributed by atoms with E-state index in [0.717, 1.165) is 17.3 Å². The van der Waals surface area contributed by atoms with Gasteiger partial charge in [-0.25, -0.2) is 18.2 Å². The van der Waals surface area contributed by atoms with Crippen LogP contribution in [0.4, 0.5) is 4.79 Å². The van der Waals surface area contributed by atoms with Crippen LogP contribution in [0.2, 0.25) is 0 Å². The van der Waals surface area contributed by atoms with E-state index in [-0.39, 0.29) is 18.3 Å². The van der Waals surface area contributed by atoms with Gasteiger partial charge in [0.05, 0.1) is 35.2 Å². The smallest absolute Gasteiger partial charge is 0.317 e. The Morgan fingerprint density at radius 1 is 1.27 bits per heavy atom. The molecule has 0 spiro atoms. The molecule has 118 valence electrons. The second-order valence-corrected chi connectivity index (χ2v) is 7.33. The van der Waals surface area contributed by atoms with Gasteiger partial charge in [-0.2, -0.15) is 0 Å². The summed E-state index contributed by atoms with van der Waals surface area (Å²) in [4.78, 5) is 22.0. The van der Waals surface area contributed by atoms with Gasteiger partial charge in [0.25, 0.3) is 0 Å². The van der Waals surface area contributed by atoms with E-state index in [2.05, 4.69) is 15.3 Å². The van der Waals surface area contributed by atoms with Crippen LogP contribution in [-0.2, 0) is 16.4 Å². The van der Waals surface area contributed by atoms with Crippen molar-refractivity contribution in [3.8, 4) is 0 Å². The second-order valence-electron chi connectivity index (χ2n) is 5.07. The molecule has 1 heterocycles. The van der Waals surface area contributed by atoms with E-state index in [0.29, 0.717) is 12.2 Å². The number of hydrogen-bond acceptors (Lipinski definition) is 5. The second kappa shape index (κ2) is 6.69. The number of nitrogens with one attached hydrogen (secondary N) is 1. The number of fused-ring (bicyclic) bond motifs is 1. The van der Waals surface area contributed by atoms with Crippen LogP contribution in [0.15, 0.2) is 30.5 Å². The summed E-state index contributed by atoms with van der Waals surface area (Å²) in [5.41, 5.74) is 2.23. The van der Waals surface area contributed by atoms with Gasteiger partial charge in [0.15, 0.2) is 0 Å². The Hall–Kier alpha value is -2.22. The van der Waals surface area contributed by atoms with E-state index in [4.69, 9.17) is 0 Å². The lowest BCUT2D eigenvalue weighted by Gasteiger charge is -2.17. The summed E-state index contributed by atoms with van der Waals surface area (Å²) in [7, 11) is -1.47. The van der Waals surface area contributed by atoms with Crippen LogP contribution < -0.4 is 5.32 Å². The zero-order valence-corrected chi connectivity index (χ0v) is 13.3. The number of amides is 2. The number of para-hydroxylation sites is 2. The number of carbonyl (C=O) groups is 1. The fourth-order valence-electron chi connectivity index (χ4n) is 1.86. The number of aromatic nitrogens is 2. The molecule has 0 radical (unpaired) electrons. The first-order valence-corrected chi connectivity index (χ1v) is 8.78. The summed E-state index contributed by atoms with van der Waals surface area (Å²) >= 11 is 0. The van der Waals surface area contributed by atoms with Gasteiger partial charge in [-0.15, -0.1) is 0 Å².